The van der Waals surface area contributed by atoms with Crippen LogP contribution in [0.5, 0.6) is 0 Å². The minimum absolute atomic E-state index is 0.177. The van der Waals surface area contributed by atoms with Crippen molar-refractivity contribution in [3.63, 3.8) is 0 Å². The Bertz CT molecular complexity index is 1070. The van der Waals surface area contributed by atoms with Gasteiger partial charge in [-0.3, -0.25) is 0 Å². The average molecular weight is 344 g/mol. The molecule has 0 atom stereocenters. The smallest absolute Gasteiger partial charge is 0.269 e. The maximum atomic E-state index is 13.8. The Hall–Kier alpha value is -2.18. The lowest BCUT2D eigenvalue weighted by Crippen LogP contribution is -2.15. The molecule has 1 aliphatic heterocycles. The van der Waals surface area contributed by atoms with Crippen LogP contribution in [0.3, 0.4) is 0 Å². The molecule has 0 fully saturated rings. The monoisotopic (exact) mass is 344 g/mol. The van der Waals surface area contributed by atoms with E-state index in [-0.39, 0.29) is 4.90 Å². The lowest BCUT2D eigenvalue weighted by Gasteiger charge is -2.10. The highest BCUT2D eigenvalue weighted by Gasteiger charge is 2.37. The SMILES string of the molecule is CN(C)CCc1c2n(c3ccccc13)S(=O)(=O)c1ccc(F)cc1-2. The van der Waals surface area contributed by atoms with Crippen LogP contribution >= 0.6 is 0 Å². The van der Waals surface area contributed by atoms with Gasteiger partial charge in [0.15, 0.2) is 0 Å². The topological polar surface area (TPSA) is 42.3 Å². The van der Waals surface area contributed by atoms with Gasteiger partial charge in [-0.05, 0) is 50.3 Å². The predicted molar refractivity (Wildman–Crippen MR) is 92.2 cm³/mol. The van der Waals surface area contributed by atoms with E-state index in [0.717, 1.165) is 17.5 Å². The van der Waals surface area contributed by atoms with Gasteiger partial charge >= 0.3 is 0 Å². The van der Waals surface area contributed by atoms with E-state index in [2.05, 4.69) is 4.90 Å². The summed E-state index contributed by atoms with van der Waals surface area (Å²) in [7, 11) is 0.261. The molecule has 0 N–H and O–H groups in total. The standard InChI is InChI=1S/C18H17FN2O2S/c1-20(2)10-9-14-13-5-3-4-6-16(13)21-18(14)15-11-12(19)7-8-17(15)24(21,22)23/h3-8,11H,9-10H2,1-2H3. The Morgan fingerprint density at radius 1 is 1.12 bits per heavy atom. The first-order valence-corrected chi connectivity index (χ1v) is 9.18. The van der Waals surface area contributed by atoms with E-state index in [9.17, 15) is 12.8 Å². The van der Waals surface area contributed by atoms with Gasteiger partial charge in [-0.15, -0.1) is 0 Å². The Morgan fingerprint density at radius 2 is 1.88 bits per heavy atom. The third-order valence-corrected chi connectivity index (χ3v) is 6.23. The van der Waals surface area contributed by atoms with Crippen LogP contribution in [0.2, 0.25) is 0 Å². The summed E-state index contributed by atoms with van der Waals surface area (Å²) in [5.41, 5.74) is 2.66. The molecule has 0 aliphatic carbocycles. The van der Waals surface area contributed by atoms with Crippen molar-refractivity contribution in [1.29, 1.82) is 0 Å². The second-order valence-corrected chi connectivity index (χ2v) is 8.06. The van der Waals surface area contributed by atoms with Gasteiger partial charge in [0.1, 0.15) is 5.82 Å². The van der Waals surface area contributed by atoms with Crippen LogP contribution < -0.4 is 0 Å². The molecule has 4 rings (SSSR count). The Kier molecular flexibility index (Phi) is 3.30. The molecule has 24 heavy (non-hydrogen) atoms. The van der Waals surface area contributed by atoms with Gasteiger partial charge in [0, 0.05) is 17.5 Å². The predicted octanol–water partition coefficient (Wildman–Crippen LogP) is 3.10. The highest BCUT2D eigenvalue weighted by Crippen LogP contribution is 2.45. The van der Waals surface area contributed by atoms with Gasteiger partial charge in [-0.1, -0.05) is 18.2 Å². The summed E-state index contributed by atoms with van der Waals surface area (Å²) in [4.78, 5) is 2.23. The van der Waals surface area contributed by atoms with E-state index in [1.165, 1.54) is 22.2 Å². The second kappa shape index (κ2) is 5.16. The molecule has 0 saturated carbocycles. The number of aromatic nitrogens is 1. The molecular formula is C18H17FN2O2S. The van der Waals surface area contributed by atoms with Crippen molar-refractivity contribution in [3.05, 3.63) is 53.8 Å². The lowest BCUT2D eigenvalue weighted by atomic mass is 10.0. The Balaban J connectivity index is 2.11. The van der Waals surface area contributed by atoms with Crippen LogP contribution in [0, 0.1) is 5.82 Å². The molecule has 3 aromatic rings. The highest BCUT2D eigenvalue weighted by molar-refractivity contribution is 7.90. The first-order valence-electron chi connectivity index (χ1n) is 7.74. The minimum atomic E-state index is -3.69. The molecule has 0 spiro atoms. The summed E-state index contributed by atoms with van der Waals surface area (Å²) in [5, 5.41) is 0.910. The van der Waals surface area contributed by atoms with E-state index in [4.69, 9.17) is 0 Å². The number of fused-ring (bicyclic) bond motifs is 5. The fourth-order valence-corrected chi connectivity index (χ4v) is 5.13. The van der Waals surface area contributed by atoms with Crippen LogP contribution in [0.1, 0.15) is 5.56 Å². The number of benzene rings is 2. The van der Waals surface area contributed by atoms with Crippen LogP contribution in [-0.4, -0.2) is 37.9 Å². The average Bonchev–Trinajstić information content (AvgIpc) is 2.97. The Morgan fingerprint density at radius 3 is 2.62 bits per heavy atom. The van der Waals surface area contributed by atoms with E-state index in [1.807, 2.05) is 32.3 Å². The quantitative estimate of drug-likeness (QED) is 0.573. The van der Waals surface area contributed by atoms with Gasteiger partial charge in [-0.2, -0.15) is 0 Å². The van der Waals surface area contributed by atoms with E-state index >= 15 is 0 Å². The number of hydrogen-bond donors (Lipinski definition) is 0. The van der Waals surface area contributed by atoms with Gasteiger partial charge < -0.3 is 4.90 Å². The number of hydrogen-bond acceptors (Lipinski definition) is 3. The number of nitrogens with zero attached hydrogens (tertiary/aromatic N) is 2. The van der Waals surface area contributed by atoms with Crippen LogP contribution in [0.4, 0.5) is 4.39 Å². The third kappa shape index (κ3) is 2.03. The van der Waals surface area contributed by atoms with E-state index < -0.39 is 15.8 Å². The van der Waals surface area contributed by atoms with Gasteiger partial charge in [0.25, 0.3) is 10.0 Å². The van der Waals surface area contributed by atoms with Crippen molar-refractivity contribution in [2.45, 2.75) is 11.3 Å². The van der Waals surface area contributed by atoms with Crippen molar-refractivity contribution in [1.82, 2.24) is 8.87 Å². The molecule has 6 heteroatoms. The number of rotatable bonds is 3. The molecule has 1 aromatic heterocycles. The Labute approximate surface area is 140 Å². The van der Waals surface area contributed by atoms with Crippen molar-refractivity contribution >= 4 is 20.9 Å². The fourth-order valence-electron chi connectivity index (χ4n) is 3.40. The summed E-state index contributed by atoms with van der Waals surface area (Å²) >= 11 is 0. The number of halogens is 1. The van der Waals surface area contributed by atoms with Crippen LogP contribution in [-0.2, 0) is 16.4 Å². The normalized spacial score (nSPS) is 15.0. The zero-order valence-electron chi connectivity index (χ0n) is 13.5. The molecule has 0 saturated heterocycles. The van der Waals surface area contributed by atoms with Gasteiger partial charge in [0.05, 0.1) is 16.1 Å². The minimum Gasteiger partial charge on any atom is -0.309 e. The number of likely N-dealkylation sites (N-methyl/N-ethyl adjacent to an activating group) is 1. The maximum Gasteiger partial charge on any atom is 0.269 e. The highest BCUT2D eigenvalue weighted by atomic mass is 32.2. The van der Waals surface area contributed by atoms with E-state index in [1.54, 1.807) is 6.07 Å². The summed E-state index contributed by atoms with van der Waals surface area (Å²) < 4.78 is 41.1. The maximum absolute atomic E-state index is 13.8. The summed E-state index contributed by atoms with van der Waals surface area (Å²) in [6.07, 6.45) is 0.696. The second-order valence-electron chi connectivity index (χ2n) is 6.31. The first-order chi connectivity index (χ1) is 11.4. The molecule has 0 unspecified atom stereocenters. The molecule has 2 heterocycles. The third-order valence-electron chi connectivity index (χ3n) is 4.46. The lowest BCUT2D eigenvalue weighted by molar-refractivity contribution is 0.414. The van der Waals surface area contributed by atoms with E-state index in [0.29, 0.717) is 23.2 Å². The molecule has 1 aliphatic rings. The fraction of sp³-hybridized carbons (Fsp3) is 0.222. The zero-order valence-corrected chi connectivity index (χ0v) is 14.3. The molecule has 124 valence electrons. The van der Waals surface area contributed by atoms with Crippen LogP contribution in [0.15, 0.2) is 47.4 Å². The largest absolute Gasteiger partial charge is 0.309 e. The molecule has 0 amide bonds. The van der Waals surface area contributed by atoms with Crippen molar-refractivity contribution in [3.8, 4) is 11.3 Å². The molecular weight excluding hydrogens is 327 g/mol. The van der Waals surface area contributed by atoms with Crippen molar-refractivity contribution in [2.75, 3.05) is 20.6 Å². The molecule has 2 aromatic carbocycles. The van der Waals surface area contributed by atoms with Crippen molar-refractivity contribution in [2.24, 2.45) is 0 Å². The summed E-state index contributed by atoms with van der Waals surface area (Å²) in [5.74, 6) is -0.429. The summed E-state index contributed by atoms with van der Waals surface area (Å²) in [6, 6.07) is 11.3. The summed E-state index contributed by atoms with van der Waals surface area (Å²) in [6.45, 7) is 0.783. The molecule has 4 nitrogen and oxygen atoms in total. The molecule has 0 bridgehead atoms. The number of para-hydroxylation sites is 1. The zero-order chi connectivity index (χ0) is 17.1. The molecule has 0 radical (unpaired) electrons. The first kappa shape index (κ1) is 15.4. The van der Waals surface area contributed by atoms with Gasteiger partial charge in [-0.25, -0.2) is 16.8 Å². The van der Waals surface area contributed by atoms with Crippen molar-refractivity contribution < 1.29 is 12.8 Å². The van der Waals surface area contributed by atoms with Gasteiger partial charge in [0.2, 0.25) is 0 Å². The van der Waals surface area contributed by atoms with Crippen LogP contribution in [0.25, 0.3) is 22.2 Å².